The maximum atomic E-state index is 12.1. The van der Waals surface area contributed by atoms with Crippen molar-refractivity contribution < 1.29 is 4.79 Å². The number of hydrogen-bond donors (Lipinski definition) is 1. The molecule has 23 heavy (non-hydrogen) atoms. The smallest absolute Gasteiger partial charge is 0.224 e. The molecule has 0 atom stereocenters. The zero-order chi connectivity index (χ0) is 16.7. The molecule has 0 bridgehead atoms. The van der Waals surface area contributed by atoms with Gasteiger partial charge in [0.05, 0.1) is 6.54 Å². The highest BCUT2D eigenvalue weighted by Crippen LogP contribution is 2.19. The summed E-state index contributed by atoms with van der Waals surface area (Å²) in [7, 11) is 0. The van der Waals surface area contributed by atoms with Crippen molar-refractivity contribution in [2.75, 3.05) is 44.6 Å². The number of piperazine rings is 1. The van der Waals surface area contributed by atoms with Crippen molar-refractivity contribution in [2.24, 2.45) is 0 Å². The van der Waals surface area contributed by atoms with Crippen molar-refractivity contribution in [1.82, 2.24) is 9.80 Å². The molecule has 1 fully saturated rings. The Balaban J connectivity index is 1.69. The van der Waals surface area contributed by atoms with Crippen LogP contribution in [0.1, 0.15) is 24.0 Å². The van der Waals surface area contributed by atoms with E-state index >= 15 is 0 Å². The van der Waals surface area contributed by atoms with Gasteiger partial charge in [0.2, 0.25) is 5.91 Å². The first kappa shape index (κ1) is 17.5. The average molecular weight is 313 g/mol. The molecule has 4 nitrogen and oxygen atoms in total. The lowest BCUT2D eigenvalue weighted by Crippen LogP contribution is -2.46. The molecule has 1 amide bonds. The van der Waals surface area contributed by atoms with E-state index in [1.165, 1.54) is 0 Å². The van der Waals surface area contributed by atoms with Crippen LogP contribution >= 0.6 is 0 Å². The highest BCUT2D eigenvalue weighted by atomic mass is 16.1. The van der Waals surface area contributed by atoms with Gasteiger partial charge in [-0.25, -0.2) is 0 Å². The number of rotatable bonds is 6. The largest absolute Gasteiger partial charge is 0.326 e. The van der Waals surface area contributed by atoms with Crippen molar-refractivity contribution in [1.29, 1.82) is 0 Å². The van der Waals surface area contributed by atoms with Gasteiger partial charge in [0.15, 0.2) is 0 Å². The van der Waals surface area contributed by atoms with Crippen LogP contribution in [0.25, 0.3) is 0 Å². The van der Waals surface area contributed by atoms with Crippen LogP contribution in [0.15, 0.2) is 18.2 Å². The second kappa shape index (κ2) is 8.71. The Bertz CT molecular complexity index is 548. The number of para-hydroxylation sites is 1. The van der Waals surface area contributed by atoms with Crippen molar-refractivity contribution in [2.45, 2.75) is 26.7 Å². The molecule has 0 aliphatic carbocycles. The van der Waals surface area contributed by atoms with Gasteiger partial charge in [0.25, 0.3) is 0 Å². The van der Waals surface area contributed by atoms with E-state index in [9.17, 15) is 4.79 Å². The van der Waals surface area contributed by atoms with Gasteiger partial charge in [-0.3, -0.25) is 9.69 Å². The van der Waals surface area contributed by atoms with Crippen LogP contribution in [-0.4, -0.2) is 55.0 Å². The molecule has 1 aliphatic rings. The topological polar surface area (TPSA) is 35.6 Å². The van der Waals surface area contributed by atoms with Crippen LogP contribution in [0.5, 0.6) is 0 Å². The number of aryl methyl sites for hydroxylation is 2. The molecule has 0 unspecified atom stereocenters. The number of terminal acetylenes is 1. The molecule has 1 N–H and O–H groups in total. The van der Waals surface area contributed by atoms with E-state index in [4.69, 9.17) is 6.42 Å². The molecular formula is C19H27N3O. The Kier molecular flexibility index (Phi) is 6.64. The van der Waals surface area contributed by atoms with Gasteiger partial charge in [-0.15, -0.1) is 6.42 Å². The molecule has 1 aromatic carbocycles. The predicted octanol–water partition coefficient (Wildman–Crippen LogP) is 2.27. The van der Waals surface area contributed by atoms with E-state index in [-0.39, 0.29) is 5.91 Å². The third-order valence-electron chi connectivity index (χ3n) is 4.40. The van der Waals surface area contributed by atoms with E-state index in [1.807, 2.05) is 32.0 Å². The van der Waals surface area contributed by atoms with Crippen LogP contribution in [0.4, 0.5) is 5.69 Å². The lowest BCUT2D eigenvalue weighted by molar-refractivity contribution is -0.116. The standard InChI is InChI=1S/C19H27N3O/c1-4-10-21-12-14-22(15-13-21)11-6-9-18(23)20-19-16(2)7-5-8-17(19)3/h1,5,7-8H,6,9-15H2,2-3H3,(H,20,23). The summed E-state index contributed by atoms with van der Waals surface area (Å²) in [5.74, 6) is 2.80. The minimum absolute atomic E-state index is 0.105. The fourth-order valence-electron chi connectivity index (χ4n) is 2.98. The Morgan fingerprint density at radius 1 is 1.17 bits per heavy atom. The Morgan fingerprint density at radius 2 is 1.78 bits per heavy atom. The molecule has 1 aromatic rings. The second-order valence-corrected chi connectivity index (χ2v) is 6.24. The van der Waals surface area contributed by atoms with Crippen LogP contribution in [0.3, 0.4) is 0 Å². The number of amides is 1. The molecule has 0 saturated carbocycles. The molecule has 0 aromatic heterocycles. The first-order valence-electron chi connectivity index (χ1n) is 8.34. The van der Waals surface area contributed by atoms with Gasteiger partial charge in [-0.05, 0) is 37.9 Å². The lowest BCUT2D eigenvalue weighted by atomic mass is 10.1. The predicted molar refractivity (Wildman–Crippen MR) is 95.5 cm³/mol. The summed E-state index contributed by atoms with van der Waals surface area (Å²) in [4.78, 5) is 16.8. The summed E-state index contributed by atoms with van der Waals surface area (Å²) in [5.41, 5.74) is 3.19. The van der Waals surface area contributed by atoms with Crippen molar-refractivity contribution in [3.05, 3.63) is 29.3 Å². The molecular weight excluding hydrogens is 286 g/mol. The molecule has 2 rings (SSSR count). The first-order valence-corrected chi connectivity index (χ1v) is 8.34. The summed E-state index contributed by atoms with van der Waals surface area (Å²) in [6.07, 6.45) is 6.80. The number of carbonyl (C=O) groups excluding carboxylic acids is 1. The number of nitrogens with one attached hydrogen (secondary N) is 1. The molecule has 1 aliphatic heterocycles. The Hall–Kier alpha value is -1.83. The van der Waals surface area contributed by atoms with E-state index in [0.717, 1.165) is 62.5 Å². The third kappa shape index (κ3) is 5.38. The van der Waals surface area contributed by atoms with E-state index in [1.54, 1.807) is 0 Å². The quantitative estimate of drug-likeness (QED) is 0.819. The van der Waals surface area contributed by atoms with Gasteiger partial charge in [-0.2, -0.15) is 0 Å². The van der Waals surface area contributed by atoms with Crippen LogP contribution in [0, 0.1) is 26.2 Å². The van der Waals surface area contributed by atoms with Gasteiger partial charge < -0.3 is 10.2 Å². The first-order chi connectivity index (χ1) is 11.1. The normalized spacial score (nSPS) is 16.0. The van der Waals surface area contributed by atoms with Crippen molar-refractivity contribution >= 4 is 11.6 Å². The van der Waals surface area contributed by atoms with E-state index in [0.29, 0.717) is 6.42 Å². The van der Waals surface area contributed by atoms with Gasteiger partial charge in [0.1, 0.15) is 0 Å². The Labute approximate surface area is 139 Å². The van der Waals surface area contributed by atoms with Crippen molar-refractivity contribution in [3.8, 4) is 12.3 Å². The molecule has 1 heterocycles. The fraction of sp³-hybridized carbons (Fsp3) is 0.526. The minimum Gasteiger partial charge on any atom is -0.326 e. The average Bonchev–Trinajstić information content (AvgIpc) is 2.53. The highest BCUT2D eigenvalue weighted by molar-refractivity contribution is 5.92. The number of nitrogens with zero attached hydrogens (tertiary/aromatic N) is 2. The van der Waals surface area contributed by atoms with Gasteiger partial charge in [-0.1, -0.05) is 24.1 Å². The highest BCUT2D eigenvalue weighted by Gasteiger charge is 2.16. The van der Waals surface area contributed by atoms with Crippen LogP contribution in [-0.2, 0) is 4.79 Å². The number of anilines is 1. The monoisotopic (exact) mass is 313 g/mol. The van der Waals surface area contributed by atoms with E-state index < -0.39 is 0 Å². The third-order valence-corrected chi connectivity index (χ3v) is 4.40. The number of carbonyl (C=O) groups is 1. The van der Waals surface area contributed by atoms with Crippen LogP contribution < -0.4 is 5.32 Å². The maximum absolute atomic E-state index is 12.1. The second-order valence-electron chi connectivity index (χ2n) is 6.24. The summed E-state index contributed by atoms with van der Waals surface area (Å²) < 4.78 is 0. The zero-order valence-corrected chi connectivity index (χ0v) is 14.3. The molecule has 124 valence electrons. The van der Waals surface area contributed by atoms with Crippen LogP contribution in [0.2, 0.25) is 0 Å². The summed E-state index contributed by atoms with van der Waals surface area (Å²) in [6.45, 7) is 9.91. The Morgan fingerprint density at radius 3 is 2.39 bits per heavy atom. The fourth-order valence-corrected chi connectivity index (χ4v) is 2.98. The molecule has 0 spiro atoms. The molecule has 1 saturated heterocycles. The summed E-state index contributed by atoms with van der Waals surface area (Å²) in [5, 5.41) is 3.05. The molecule has 0 radical (unpaired) electrons. The SMILES string of the molecule is C#CCN1CCN(CCCC(=O)Nc2c(C)cccc2C)CC1. The van der Waals surface area contributed by atoms with Gasteiger partial charge in [0, 0.05) is 38.3 Å². The minimum atomic E-state index is 0.105. The van der Waals surface area contributed by atoms with Crippen molar-refractivity contribution in [3.63, 3.8) is 0 Å². The maximum Gasteiger partial charge on any atom is 0.224 e. The lowest BCUT2D eigenvalue weighted by Gasteiger charge is -2.33. The van der Waals surface area contributed by atoms with Gasteiger partial charge >= 0.3 is 0 Å². The number of benzene rings is 1. The van der Waals surface area contributed by atoms with E-state index in [2.05, 4.69) is 21.0 Å². The number of hydrogen-bond acceptors (Lipinski definition) is 3. The zero-order valence-electron chi connectivity index (χ0n) is 14.3. The molecule has 4 heteroatoms. The summed E-state index contributed by atoms with van der Waals surface area (Å²) in [6, 6.07) is 6.07. The summed E-state index contributed by atoms with van der Waals surface area (Å²) >= 11 is 0.